The van der Waals surface area contributed by atoms with E-state index in [1.165, 1.54) is 56.7 Å². The van der Waals surface area contributed by atoms with Crippen LogP contribution in [0.5, 0.6) is 0 Å². The zero-order valence-electron chi connectivity index (χ0n) is 44.0. The number of aliphatic hydroxyl groups excluding tert-OH is 1. The number of hydrogen-bond acceptors (Lipinski definition) is 12. The van der Waals surface area contributed by atoms with Crippen molar-refractivity contribution in [3.8, 4) is 0 Å². The molecule has 0 bridgehead atoms. The minimum Gasteiger partial charge on any atom is -0.463 e. The number of unbranched alkanes of at least 4 members (excludes halogenated alkanes) is 8. The van der Waals surface area contributed by atoms with Crippen LogP contribution in [-0.4, -0.2) is 134 Å². The summed E-state index contributed by atoms with van der Waals surface area (Å²) >= 11 is 1.51. The summed E-state index contributed by atoms with van der Waals surface area (Å²) in [6.45, 7) is 43.6. The molecule has 0 radical (unpaired) electrons. The number of rotatable bonds is 29. The summed E-state index contributed by atoms with van der Waals surface area (Å²) in [6, 6.07) is 0. The van der Waals surface area contributed by atoms with Gasteiger partial charge in [-0.1, -0.05) is 83.4 Å². The Morgan fingerprint density at radius 2 is 0.794 bits per heavy atom. The van der Waals surface area contributed by atoms with Crippen LogP contribution >= 0.6 is 11.8 Å². The van der Waals surface area contributed by atoms with Crippen molar-refractivity contribution in [2.24, 2.45) is 5.92 Å². The maximum atomic E-state index is 13.4. The zero-order valence-corrected chi connectivity index (χ0v) is 50.8. The Labute approximate surface area is 397 Å². The van der Waals surface area contributed by atoms with E-state index in [1.54, 1.807) is 0 Å². The normalized spacial score (nSPS) is 28.2. The van der Waals surface area contributed by atoms with Crippen LogP contribution in [0.1, 0.15) is 84.5 Å². The zero-order chi connectivity index (χ0) is 48.2. The van der Waals surface area contributed by atoms with Gasteiger partial charge in [0, 0.05) is 6.42 Å². The number of carbonyl (C=O) groups excluding carboxylic acids is 1. The Bertz CT molecular complexity index is 1310. The third-order valence-electron chi connectivity index (χ3n) is 10.1. The minimum absolute atomic E-state index is 0.0418. The van der Waals surface area contributed by atoms with Crippen LogP contribution in [0.25, 0.3) is 0 Å². The molecule has 63 heavy (non-hydrogen) atoms. The van der Waals surface area contributed by atoms with Gasteiger partial charge in [-0.25, -0.2) is 0 Å². The summed E-state index contributed by atoms with van der Waals surface area (Å²) in [4.78, 5) is 13.4. The number of carbonyl (C=O) groups is 1. The molecule has 0 aromatic heterocycles. The van der Waals surface area contributed by atoms with Crippen LogP contribution < -0.4 is 0 Å². The molecule has 2 saturated heterocycles. The van der Waals surface area contributed by atoms with E-state index in [9.17, 15) is 9.90 Å². The highest BCUT2D eigenvalue weighted by atomic mass is 32.2. The topological polar surface area (TPSA) is 120 Å². The van der Waals surface area contributed by atoms with Crippen molar-refractivity contribution in [1.29, 1.82) is 0 Å². The fourth-order valence-electron chi connectivity index (χ4n) is 7.95. The van der Waals surface area contributed by atoms with Gasteiger partial charge >= 0.3 is 5.97 Å². The lowest BCUT2D eigenvalue weighted by atomic mass is 10.00. The molecular weight excluding hydrogens is 917 g/mol. The molecule has 0 amide bonds. The first-order valence-corrected chi connectivity index (χ1v) is 45.9. The summed E-state index contributed by atoms with van der Waals surface area (Å²) in [5.41, 5.74) is -1.22. The first kappa shape index (κ1) is 59.9. The number of aliphatic hydroxyl groups is 1. The fraction of sp³-hybridized carbons (Fsp3) is 0.978. The molecule has 2 aliphatic rings. The van der Waals surface area contributed by atoms with Crippen molar-refractivity contribution < 1.29 is 50.7 Å². The van der Waals surface area contributed by atoms with Gasteiger partial charge < -0.3 is 45.9 Å². The molecule has 11 nitrogen and oxygen atoms in total. The van der Waals surface area contributed by atoms with Crippen molar-refractivity contribution in [2.45, 2.75) is 262 Å². The van der Waals surface area contributed by atoms with Crippen molar-refractivity contribution in [2.75, 3.05) is 13.2 Å². The predicted molar refractivity (Wildman–Crippen MR) is 278 cm³/mol. The van der Waals surface area contributed by atoms with Gasteiger partial charge in [0.25, 0.3) is 0 Å². The minimum atomic E-state index is -2.24. The quantitative estimate of drug-likeness (QED) is 0.0436. The van der Waals surface area contributed by atoms with Gasteiger partial charge in [-0.05, 0) is 130 Å². The molecule has 10 atom stereocenters. The van der Waals surface area contributed by atoms with E-state index in [2.05, 4.69) is 132 Å². The van der Waals surface area contributed by atoms with Crippen molar-refractivity contribution in [3.63, 3.8) is 0 Å². The Hall–Kier alpha value is 0.761. The highest BCUT2D eigenvalue weighted by Crippen LogP contribution is 2.44. The lowest BCUT2D eigenvalue weighted by Gasteiger charge is -2.53. The maximum Gasteiger partial charge on any atom is 0.305 e. The van der Waals surface area contributed by atoms with Crippen LogP contribution in [0.4, 0.5) is 0 Å². The summed E-state index contributed by atoms with van der Waals surface area (Å²) in [6.07, 6.45) is 8.14. The van der Waals surface area contributed by atoms with Crippen molar-refractivity contribution in [1.82, 2.24) is 0 Å². The second-order valence-electron chi connectivity index (χ2n) is 24.4. The summed E-state index contributed by atoms with van der Waals surface area (Å²) in [5.74, 6) is 0.580. The maximum absolute atomic E-state index is 13.4. The molecule has 374 valence electrons. The number of ether oxygens (including phenoxy) is 3. The van der Waals surface area contributed by atoms with Gasteiger partial charge in [0.15, 0.2) is 49.9 Å². The monoisotopic (exact) mass is 1010 g/mol. The molecule has 2 heterocycles. The number of esters is 1. The standard InChI is InChI=1S/C45H98O11SSi6/c1-34(2)30-28-26-24-22-21-23-25-27-29-31-37(47)48-33-36-39(52-59(6,7)8)41(54-61(12,13)14)43(56-63(18,19)20)45(50-36)57-44-42(55-62(15,16)17)40(53-60(9,10)11)38(35(32-46)49-44)51-58(3,4)5/h34-36,38-46H,21-33H2,1-20H3/t35-,36-,38-,39-,40+,41+,42-,43-,44-,45-/m1/s1. The number of thioether (sulfide) groups is 1. The Kier molecular flexibility index (Phi) is 24.8. The smallest absolute Gasteiger partial charge is 0.305 e. The molecule has 0 aromatic rings. The lowest BCUT2D eigenvalue weighted by molar-refractivity contribution is -0.203. The predicted octanol–water partition coefficient (Wildman–Crippen LogP) is 12.0. The molecule has 0 saturated carbocycles. The Balaban J connectivity index is 2.49. The molecule has 0 spiro atoms. The first-order valence-electron chi connectivity index (χ1n) is 24.5. The molecule has 0 aromatic carbocycles. The largest absolute Gasteiger partial charge is 0.463 e. The molecule has 2 rings (SSSR count). The SMILES string of the molecule is CC(C)CCCCCCCCCCCC(=O)OC[C@H]1O[C@H](S[C@H]2O[C@H](CO)[C@@H](O[Si](C)(C)C)[C@H](O[Si](C)(C)C)[C@H]2O[Si](C)(C)C)[C@H](O[Si](C)(C)C)[C@@H](O[Si](C)(C)C)[C@@H]1O[Si](C)(C)C. The molecule has 2 fully saturated rings. The van der Waals surface area contributed by atoms with Crippen molar-refractivity contribution >= 4 is 67.6 Å². The third kappa shape index (κ3) is 25.3. The van der Waals surface area contributed by atoms with E-state index in [-0.39, 0.29) is 19.2 Å². The summed E-state index contributed by atoms with van der Waals surface area (Å²) in [7, 11) is -13.2. The third-order valence-corrected chi connectivity index (χ3v) is 17.3. The molecule has 2 aliphatic heterocycles. The van der Waals surface area contributed by atoms with Gasteiger partial charge in [0.2, 0.25) is 0 Å². The molecule has 1 N–H and O–H groups in total. The molecule has 0 unspecified atom stereocenters. The first-order chi connectivity index (χ1) is 28.7. The second kappa shape index (κ2) is 26.1. The second-order valence-corrected chi connectivity index (χ2v) is 52.3. The van der Waals surface area contributed by atoms with E-state index >= 15 is 0 Å². The van der Waals surface area contributed by atoms with Gasteiger partial charge in [0.1, 0.15) is 66.3 Å². The van der Waals surface area contributed by atoms with Crippen LogP contribution in [-0.2, 0) is 45.6 Å². The van der Waals surface area contributed by atoms with Crippen LogP contribution in [0.3, 0.4) is 0 Å². The average molecular weight is 1020 g/mol. The lowest BCUT2D eigenvalue weighted by Crippen LogP contribution is -2.67. The summed E-state index contributed by atoms with van der Waals surface area (Å²) in [5, 5.41) is 11.0. The highest BCUT2D eigenvalue weighted by molar-refractivity contribution is 8.00. The Morgan fingerprint density at radius 3 is 1.16 bits per heavy atom. The van der Waals surface area contributed by atoms with Gasteiger partial charge in [0.05, 0.1) is 6.61 Å². The summed E-state index contributed by atoms with van der Waals surface area (Å²) < 4.78 is 62.6. The van der Waals surface area contributed by atoms with Crippen LogP contribution in [0, 0.1) is 5.92 Å². The van der Waals surface area contributed by atoms with E-state index in [0.717, 1.165) is 25.2 Å². The molecule has 18 heteroatoms. The van der Waals surface area contributed by atoms with Gasteiger partial charge in [-0.3, -0.25) is 4.79 Å². The fourth-order valence-corrected chi connectivity index (χ4v) is 16.1. The van der Waals surface area contributed by atoms with Gasteiger partial charge in [-0.2, -0.15) is 0 Å². The van der Waals surface area contributed by atoms with Gasteiger partial charge in [-0.15, -0.1) is 0 Å². The molecular formula is C45H98O11SSi6. The molecule has 0 aliphatic carbocycles. The Morgan fingerprint density at radius 1 is 0.476 bits per heavy atom. The van der Waals surface area contributed by atoms with Crippen molar-refractivity contribution in [3.05, 3.63) is 0 Å². The van der Waals surface area contributed by atoms with E-state index in [1.807, 2.05) is 0 Å². The highest BCUT2D eigenvalue weighted by Gasteiger charge is 2.56. The van der Waals surface area contributed by atoms with Crippen LogP contribution in [0.2, 0.25) is 118 Å². The van der Waals surface area contributed by atoms with Crippen LogP contribution in [0.15, 0.2) is 0 Å². The van der Waals surface area contributed by atoms with E-state index < -0.39 is 110 Å². The average Bonchev–Trinajstić information content (AvgIpc) is 3.08. The van der Waals surface area contributed by atoms with E-state index in [4.69, 9.17) is 40.8 Å². The number of hydrogen-bond donors (Lipinski definition) is 1. The van der Waals surface area contributed by atoms with E-state index in [0.29, 0.717) is 6.42 Å².